The molecule has 1 atom stereocenters. The summed E-state index contributed by atoms with van der Waals surface area (Å²) in [5.74, 6) is -0.514. The number of benzene rings is 1. The number of nitrogens with one attached hydrogen (secondary N) is 2. The lowest BCUT2D eigenvalue weighted by atomic mass is 10.0. The zero-order chi connectivity index (χ0) is 15.7. The molecular formula is C16H24N2O3. The van der Waals surface area contributed by atoms with Crippen molar-refractivity contribution in [2.45, 2.75) is 39.2 Å². The molecule has 0 aliphatic carbocycles. The van der Waals surface area contributed by atoms with E-state index < -0.39 is 5.97 Å². The van der Waals surface area contributed by atoms with Gasteiger partial charge in [-0.25, -0.2) is 0 Å². The van der Waals surface area contributed by atoms with Crippen LogP contribution in [-0.4, -0.2) is 29.6 Å². The average Bonchev–Trinajstić information content (AvgIpc) is 2.42. The minimum absolute atomic E-state index is 0.0785. The first-order valence-corrected chi connectivity index (χ1v) is 7.30. The number of para-hydroxylation sites is 1. The first kappa shape index (κ1) is 17.2. The number of carboxylic acids is 1. The second-order valence-corrected chi connectivity index (χ2v) is 5.49. The second-order valence-electron chi connectivity index (χ2n) is 5.49. The molecule has 5 nitrogen and oxygen atoms in total. The lowest BCUT2D eigenvalue weighted by molar-refractivity contribution is -0.137. The van der Waals surface area contributed by atoms with Crippen LogP contribution in [0.15, 0.2) is 30.3 Å². The number of rotatable bonds is 9. The monoisotopic (exact) mass is 292 g/mol. The van der Waals surface area contributed by atoms with Crippen molar-refractivity contribution in [2.75, 3.05) is 11.9 Å². The van der Waals surface area contributed by atoms with Crippen LogP contribution in [0.1, 0.15) is 33.1 Å². The summed E-state index contributed by atoms with van der Waals surface area (Å²) in [6.07, 6.45) is 1.34. The molecule has 5 heteroatoms. The van der Waals surface area contributed by atoms with E-state index in [9.17, 15) is 9.59 Å². The minimum Gasteiger partial charge on any atom is -0.481 e. The number of anilines is 1. The Balaban J connectivity index is 2.51. The second kappa shape index (κ2) is 9.13. The van der Waals surface area contributed by atoms with E-state index in [1.807, 2.05) is 30.3 Å². The maximum atomic E-state index is 12.3. The van der Waals surface area contributed by atoms with Gasteiger partial charge in [-0.15, -0.1) is 0 Å². The van der Waals surface area contributed by atoms with Gasteiger partial charge in [0.2, 0.25) is 5.91 Å². The molecule has 1 amide bonds. The molecule has 0 bridgehead atoms. The smallest absolute Gasteiger partial charge is 0.303 e. The van der Waals surface area contributed by atoms with Crippen molar-refractivity contribution in [1.29, 1.82) is 0 Å². The Morgan fingerprint density at radius 1 is 1.19 bits per heavy atom. The normalized spacial score (nSPS) is 12.1. The summed E-state index contributed by atoms with van der Waals surface area (Å²) in [6, 6.07) is 9.01. The fourth-order valence-electron chi connectivity index (χ4n) is 2.02. The molecule has 0 aliphatic heterocycles. The van der Waals surface area contributed by atoms with Gasteiger partial charge in [-0.1, -0.05) is 32.0 Å². The molecule has 0 heterocycles. The SMILES string of the molecule is CC(C)C[C@H](NCCCC(=O)O)C(=O)Nc1ccccc1. The summed E-state index contributed by atoms with van der Waals surface area (Å²) in [5.41, 5.74) is 0.767. The third-order valence-electron chi connectivity index (χ3n) is 3.02. The topological polar surface area (TPSA) is 78.4 Å². The van der Waals surface area contributed by atoms with Gasteiger partial charge >= 0.3 is 5.97 Å². The molecule has 0 aromatic heterocycles. The largest absolute Gasteiger partial charge is 0.481 e. The first-order valence-electron chi connectivity index (χ1n) is 7.30. The number of carbonyl (C=O) groups is 2. The average molecular weight is 292 g/mol. The van der Waals surface area contributed by atoms with Gasteiger partial charge in [0, 0.05) is 12.1 Å². The Morgan fingerprint density at radius 3 is 2.43 bits per heavy atom. The first-order chi connectivity index (χ1) is 9.99. The van der Waals surface area contributed by atoms with Crippen LogP contribution in [-0.2, 0) is 9.59 Å². The Kier molecular flexibility index (Phi) is 7.46. The van der Waals surface area contributed by atoms with E-state index in [2.05, 4.69) is 24.5 Å². The van der Waals surface area contributed by atoms with Crippen molar-refractivity contribution in [2.24, 2.45) is 5.92 Å². The zero-order valence-electron chi connectivity index (χ0n) is 12.6. The van der Waals surface area contributed by atoms with E-state index in [-0.39, 0.29) is 18.4 Å². The molecule has 0 aliphatic rings. The maximum absolute atomic E-state index is 12.3. The highest BCUT2D eigenvalue weighted by molar-refractivity contribution is 5.94. The molecule has 3 N–H and O–H groups in total. The van der Waals surface area contributed by atoms with Gasteiger partial charge in [-0.2, -0.15) is 0 Å². The van der Waals surface area contributed by atoms with E-state index >= 15 is 0 Å². The quantitative estimate of drug-likeness (QED) is 0.611. The van der Waals surface area contributed by atoms with Crippen molar-refractivity contribution in [3.8, 4) is 0 Å². The summed E-state index contributed by atoms with van der Waals surface area (Å²) < 4.78 is 0. The molecule has 0 unspecified atom stereocenters. The number of carbonyl (C=O) groups excluding carboxylic acids is 1. The van der Waals surface area contributed by atoms with E-state index in [1.165, 1.54) is 0 Å². The van der Waals surface area contributed by atoms with E-state index in [0.29, 0.717) is 25.3 Å². The number of carboxylic acid groups (broad SMARTS) is 1. The zero-order valence-corrected chi connectivity index (χ0v) is 12.6. The molecule has 0 spiro atoms. The summed E-state index contributed by atoms with van der Waals surface area (Å²) >= 11 is 0. The van der Waals surface area contributed by atoms with Gasteiger partial charge in [0.05, 0.1) is 6.04 Å². The van der Waals surface area contributed by atoms with Crippen LogP contribution in [0.5, 0.6) is 0 Å². The summed E-state index contributed by atoms with van der Waals surface area (Å²) in [5, 5.41) is 14.7. The highest BCUT2D eigenvalue weighted by Gasteiger charge is 2.19. The van der Waals surface area contributed by atoms with Crippen LogP contribution in [0.4, 0.5) is 5.69 Å². The summed E-state index contributed by atoms with van der Waals surface area (Å²) in [7, 11) is 0. The van der Waals surface area contributed by atoms with Crippen LogP contribution >= 0.6 is 0 Å². The summed E-state index contributed by atoms with van der Waals surface area (Å²) in [6.45, 7) is 4.63. The molecule has 116 valence electrons. The molecular weight excluding hydrogens is 268 g/mol. The van der Waals surface area contributed by atoms with Crippen LogP contribution in [0, 0.1) is 5.92 Å². The lowest BCUT2D eigenvalue weighted by Crippen LogP contribution is -2.42. The fraction of sp³-hybridized carbons (Fsp3) is 0.500. The van der Waals surface area contributed by atoms with Crippen LogP contribution in [0.25, 0.3) is 0 Å². The van der Waals surface area contributed by atoms with Crippen LogP contribution in [0.3, 0.4) is 0 Å². The van der Waals surface area contributed by atoms with Gasteiger partial charge in [0.1, 0.15) is 0 Å². The molecule has 0 fully saturated rings. The minimum atomic E-state index is -0.814. The van der Waals surface area contributed by atoms with Gasteiger partial charge < -0.3 is 15.7 Å². The molecule has 1 rings (SSSR count). The molecule has 1 aromatic rings. The number of hydrogen-bond donors (Lipinski definition) is 3. The molecule has 0 saturated carbocycles. The van der Waals surface area contributed by atoms with E-state index in [1.54, 1.807) is 0 Å². The number of hydrogen-bond acceptors (Lipinski definition) is 3. The maximum Gasteiger partial charge on any atom is 0.303 e. The van der Waals surface area contributed by atoms with Crippen LogP contribution < -0.4 is 10.6 Å². The van der Waals surface area contributed by atoms with E-state index in [4.69, 9.17) is 5.11 Å². The highest BCUT2D eigenvalue weighted by atomic mass is 16.4. The Morgan fingerprint density at radius 2 is 1.86 bits per heavy atom. The van der Waals surface area contributed by atoms with Gasteiger partial charge in [-0.3, -0.25) is 9.59 Å². The lowest BCUT2D eigenvalue weighted by Gasteiger charge is -2.20. The Hall–Kier alpha value is -1.88. The Bertz CT molecular complexity index is 446. The predicted octanol–water partition coefficient (Wildman–Crippen LogP) is 2.49. The predicted molar refractivity (Wildman–Crippen MR) is 83.2 cm³/mol. The molecule has 1 aromatic carbocycles. The van der Waals surface area contributed by atoms with Gasteiger partial charge in [0.15, 0.2) is 0 Å². The molecule has 21 heavy (non-hydrogen) atoms. The molecule has 0 saturated heterocycles. The Labute approximate surface area is 125 Å². The third kappa shape index (κ3) is 7.46. The van der Waals surface area contributed by atoms with Crippen LogP contribution in [0.2, 0.25) is 0 Å². The van der Waals surface area contributed by atoms with Gasteiger partial charge in [0.25, 0.3) is 0 Å². The number of amides is 1. The van der Waals surface area contributed by atoms with Crippen molar-refractivity contribution >= 4 is 17.6 Å². The van der Waals surface area contributed by atoms with Crippen molar-refractivity contribution < 1.29 is 14.7 Å². The fourth-order valence-corrected chi connectivity index (χ4v) is 2.02. The standard InChI is InChI=1S/C16H24N2O3/c1-12(2)11-14(17-10-6-9-15(19)20)16(21)18-13-7-4-3-5-8-13/h3-5,7-8,12,14,17H,6,9-11H2,1-2H3,(H,18,21)(H,19,20)/t14-/m0/s1. The third-order valence-corrected chi connectivity index (χ3v) is 3.02. The van der Waals surface area contributed by atoms with E-state index in [0.717, 1.165) is 5.69 Å². The van der Waals surface area contributed by atoms with Crippen molar-refractivity contribution in [1.82, 2.24) is 5.32 Å². The van der Waals surface area contributed by atoms with Crippen molar-refractivity contribution in [3.05, 3.63) is 30.3 Å². The summed E-state index contributed by atoms with van der Waals surface area (Å²) in [4.78, 5) is 22.8. The number of aliphatic carboxylic acids is 1. The highest BCUT2D eigenvalue weighted by Crippen LogP contribution is 2.10. The van der Waals surface area contributed by atoms with Gasteiger partial charge in [-0.05, 0) is 37.4 Å². The molecule has 0 radical (unpaired) electrons. The van der Waals surface area contributed by atoms with Crippen molar-refractivity contribution in [3.63, 3.8) is 0 Å².